The van der Waals surface area contributed by atoms with Gasteiger partial charge in [-0.05, 0) is 29.7 Å². The molecule has 0 saturated heterocycles. The highest BCUT2D eigenvalue weighted by Crippen LogP contribution is 2.26. The van der Waals surface area contributed by atoms with E-state index >= 15 is 0 Å². The quantitative estimate of drug-likeness (QED) is 0.738. The van der Waals surface area contributed by atoms with Crippen LogP contribution in [0.3, 0.4) is 0 Å². The first-order valence-corrected chi connectivity index (χ1v) is 6.57. The van der Waals surface area contributed by atoms with Crippen LogP contribution in [-0.2, 0) is 0 Å². The van der Waals surface area contributed by atoms with Crippen molar-refractivity contribution in [2.45, 2.75) is 19.8 Å². The summed E-state index contributed by atoms with van der Waals surface area (Å²) >= 11 is 0. The molecule has 0 atom stereocenters. The molecule has 96 valence electrons. The molecule has 2 rings (SSSR count). The number of unbranched alkanes of at least 4 members (excludes halogenated alkanes) is 1. The third kappa shape index (κ3) is 3.35. The van der Waals surface area contributed by atoms with Gasteiger partial charge in [0.1, 0.15) is 11.8 Å². The number of benzene rings is 2. The van der Waals surface area contributed by atoms with Gasteiger partial charge >= 0.3 is 0 Å². The number of rotatable bonds is 5. The van der Waals surface area contributed by atoms with Crippen molar-refractivity contribution in [3.8, 4) is 22.9 Å². The summed E-state index contributed by atoms with van der Waals surface area (Å²) in [6.07, 6.45) is 2.09. The highest BCUT2D eigenvalue weighted by molar-refractivity contribution is 5.67. The Bertz CT molecular complexity index is 570. The van der Waals surface area contributed by atoms with Crippen LogP contribution >= 0.6 is 0 Å². The number of nitriles is 1. The molecule has 0 aliphatic carbocycles. The van der Waals surface area contributed by atoms with Gasteiger partial charge in [0.25, 0.3) is 0 Å². The molecule has 0 N–H and O–H groups in total. The molecule has 0 aliphatic rings. The summed E-state index contributed by atoms with van der Waals surface area (Å²) < 4.78 is 5.64. The molecule has 0 radical (unpaired) electrons. The number of ether oxygens (including phenoxy) is 1. The van der Waals surface area contributed by atoms with E-state index in [9.17, 15) is 5.26 Å². The van der Waals surface area contributed by atoms with Gasteiger partial charge in [-0.25, -0.2) is 0 Å². The lowest BCUT2D eigenvalue weighted by Crippen LogP contribution is -1.98. The largest absolute Gasteiger partial charge is 0.492 e. The minimum absolute atomic E-state index is 0.595. The Morgan fingerprint density at radius 3 is 2.53 bits per heavy atom. The molecule has 2 heteroatoms. The lowest BCUT2D eigenvalue weighted by molar-refractivity contribution is 0.308. The van der Waals surface area contributed by atoms with Crippen LogP contribution in [0.15, 0.2) is 48.5 Å². The Hall–Kier alpha value is -2.27. The first-order valence-electron chi connectivity index (χ1n) is 6.57. The maximum Gasteiger partial charge on any atom is 0.137 e. The van der Waals surface area contributed by atoms with Gasteiger partial charge < -0.3 is 4.74 Å². The average molecular weight is 251 g/mol. The summed E-state index contributed by atoms with van der Waals surface area (Å²) in [4.78, 5) is 0. The van der Waals surface area contributed by atoms with Crippen molar-refractivity contribution in [3.05, 3.63) is 54.1 Å². The first-order chi connectivity index (χ1) is 9.35. The summed E-state index contributed by atoms with van der Waals surface area (Å²) in [7, 11) is 0. The SMILES string of the molecule is CCCCOc1ccc(-c2ccccc2)cc1C#N. The lowest BCUT2D eigenvalue weighted by atomic mass is 10.0. The predicted molar refractivity (Wildman–Crippen MR) is 77.0 cm³/mol. The topological polar surface area (TPSA) is 33.0 Å². The minimum Gasteiger partial charge on any atom is -0.492 e. The summed E-state index contributed by atoms with van der Waals surface area (Å²) in [5.74, 6) is 0.677. The van der Waals surface area contributed by atoms with Crippen LogP contribution in [0.4, 0.5) is 0 Å². The zero-order valence-corrected chi connectivity index (χ0v) is 11.1. The van der Waals surface area contributed by atoms with E-state index in [0.717, 1.165) is 24.0 Å². The van der Waals surface area contributed by atoms with Crippen LogP contribution in [0.2, 0.25) is 0 Å². The second-order valence-corrected chi connectivity index (χ2v) is 4.39. The van der Waals surface area contributed by atoms with Crippen molar-refractivity contribution in [2.24, 2.45) is 0 Å². The maximum absolute atomic E-state index is 9.22. The van der Waals surface area contributed by atoms with Crippen molar-refractivity contribution >= 4 is 0 Å². The summed E-state index contributed by atoms with van der Waals surface area (Å²) in [6, 6.07) is 18.0. The van der Waals surface area contributed by atoms with Crippen molar-refractivity contribution in [1.82, 2.24) is 0 Å². The first kappa shape index (κ1) is 13.2. The molecule has 0 heterocycles. The van der Waals surface area contributed by atoms with Crippen LogP contribution in [-0.4, -0.2) is 6.61 Å². The van der Waals surface area contributed by atoms with Gasteiger partial charge in [-0.3, -0.25) is 0 Å². The fourth-order valence-corrected chi connectivity index (χ4v) is 1.88. The molecule has 0 fully saturated rings. The minimum atomic E-state index is 0.595. The summed E-state index contributed by atoms with van der Waals surface area (Å²) in [6.45, 7) is 2.78. The highest BCUT2D eigenvalue weighted by atomic mass is 16.5. The molecule has 0 spiro atoms. The summed E-state index contributed by atoms with van der Waals surface area (Å²) in [5, 5.41) is 9.22. The normalized spacial score (nSPS) is 9.89. The van der Waals surface area contributed by atoms with Crippen molar-refractivity contribution in [1.29, 1.82) is 5.26 Å². The van der Waals surface area contributed by atoms with Gasteiger partial charge in [0.2, 0.25) is 0 Å². The molecule has 19 heavy (non-hydrogen) atoms. The predicted octanol–water partition coefficient (Wildman–Crippen LogP) is 4.40. The Labute approximate surface area is 114 Å². The molecular formula is C17H17NO. The van der Waals surface area contributed by atoms with Crippen LogP contribution in [0.1, 0.15) is 25.3 Å². The van der Waals surface area contributed by atoms with E-state index in [4.69, 9.17) is 4.74 Å². The molecule has 2 nitrogen and oxygen atoms in total. The van der Waals surface area contributed by atoms with Gasteiger partial charge in [-0.15, -0.1) is 0 Å². The van der Waals surface area contributed by atoms with Crippen molar-refractivity contribution < 1.29 is 4.74 Å². The van der Waals surface area contributed by atoms with Crippen LogP contribution < -0.4 is 4.74 Å². The van der Waals surface area contributed by atoms with E-state index < -0.39 is 0 Å². The Morgan fingerprint density at radius 2 is 1.84 bits per heavy atom. The summed E-state index contributed by atoms with van der Waals surface area (Å²) in [5.41, 5.74) is 2.75. The number of nitrogens with zero attached hydrogens (tertiary/aromatic N) is 1. The molecule has 0 saturated carbocycles. The van der Waals surface area contributed by atoms with E-state index in [2.05, 4.69) is 13.0 Å². The zero-order chi connectivity index (χ0) is 13.5. The molecule has 0 unspecified atom stereocenters. The van der Waals surface area contributed by atoms with Gasteiger partial charge in [0, 0.05) is 0 Å². The molecular weight excluding hydrogens is 234 g/mol. The molecule has 2 aromatic carbocycles. The van der Waals surface area contributed by atoms with Gasteiger partial charge in [0.05, 0.1) is 12.2 Å². The van der Waals surface area contributed by atoms with Crippen molar-refractivity contribution in [3.63, 3.8) is 0 Å². The van der Waals surface area contributed by atoms with Gasteiger partial charge in [-0.2, -0.15) is 5.26 Å². The monoisotopic (exact) mass is 251 g/mol. The molecule has 2 aromatic rings. The third-order valence-corrected chi connectivity index (χ3v) is 2.96. The molecule has 0 bridgehead atoms. The third-order valence-electron chi connectivity index (χ3n) is 2.96. The Morgan fingerprint density at radius 1 is 1.05 bits per heavy atom. The van der Waals surface area contributed by atoms with Crippen LogP contribution in [0.25, 0.3) is 11.1 Å². The standard InChI is InChI=1S/C17H17NO/c1-2-3-11-19-17-10-9-15(12-16(17)13-18)14-7-5-4-6-8-14/h4-10,12H,2-3,11H2,1H3. The number of hydrogen-bond donors (Lipinski definition) is 0. The van der Waals surface area contributed by atoms with Gasteiger partial charge in [0.15, 0.2) is 0 Å². The van der Waals surface area contributed by atoms with E-state index in [1.54, 1.807) is 0 Å². The van der Waals surface area contributed by atoms with E-state index in [-0.39, 0.29) is 0 Å². The van der Waals surface area contributed by atoms with Crippen LogP contribution in [0.5, 0.6) is 5.75 Å². The fraction of sp³-hybridized carbons (Fsp3) is 0.235. The van der Waals surface area contributed by atoms with Crippen molar-refractivity contribution in [2.75, 3.05) is 6.61 Å². The second-order valence-electron chi connectivity index (χ2n) is 4.39. The molecule has 0 aliphatic heterocycles. The average Bonchev–Trinajstić information content (AvgIpc) is 2.48. The molecule has 0 amide bonds. The van der Waals surface area contributed by atoms with Crippen LogP contribution in [0, 0.1) is 11.3 Å². The zero-order valence-electron chi connectivity index (χ0n) is 11.1. The number of hydrogen-bond acceptors (Lipinski definition) is 2. The van der Waals surface area contributed by atoms with E-state index in [1.165, 1.54) is 0 Å². The maximum atomic E-state index is 9.22. The fourth-order valence-electron chi connectivity index (χ4n) is 1.88. The van der Waals surface area contributed by atoms with E-state index in [0.29, 0.717) is 17.9 Å². The molecule has 0 aromatic heterocycles. The van der Waals surface area contributed by atoms with E-state index in [1.807, 2.05) is 48.5 Å². The van der Waals surface area contributed by atoms with Gasteiger partial charge in [-0.1, -0.05) is 49.7 Å². The Kier molecular flexibility index (Phi) is 4.58. The smallest absolute Gasteiger partial charge is 0.137 e. The highest BCUT2D eigenvalue weighted by Gasteiger charge is 2.06. The second kappa shape index (κ2) is 6.61. The lowest BCUT2D eigenvalue weighted by Gasteiger charge is -2.09. The Balaban J connectivity index is 2.24.